The van der Waals surface area contributed by atoms with Crippen molar-refractivity contribution >= 4 is 77.7 Å². The number of hydrogen-bond acceptors (Lipinski definition) is 4. The topological polar surface area (TPSA) is 63.9 Å². The summed E-state index contributed by atoms with van der Waals surface area (Å²) < 4.78 is 4.63. The van der Waals surface area contributed by atoms with Crippen LogP contribution in [-0.4, -0.2) is 9.13 Å². The molecule has 0 bridgehead atoms. The zero-order valence-corrected chi connectivity index (χ0v) is 51.4. The van der Waals surface area contributed by atoms with E-state index in [4.69, 9.17) is 0 Å². The maximum Gasteiger partial charge on any atom is 0.101 e. The summed E-state index contributed by atoms with van der Waals surface area (Å²) in [5.41, 5.74) is 24.6. The van der Waals surface area contributed by atoms with Gasteiger partial charge in [-0.2, -0.15) is 10.5 Å². The first-order chi connectivity index (χ1) is 45.1. The second-order valence-corrected chi connectivity index (χ2v) is 25.4. The molecule has 6 nitrogen and oxygen atoms in total. The first kappa shape index (κ1) is 54.2. The summed E-state index contributed by atoms with van der Waals surface area (Å²) in [6.07, 6.45) is 0. The van der Waals surface area contributed by atoms with Gasteiger partial charge in [-0.05, 0) is 153 Å². The molecule has 434 valence electrons. The molecule has 0 saturated heterocycles. The molecule has 6 heteroatoms. The Bertz CT molecular complexity index is 5040. The first-order valence-electron chi connectivity index (χ1n) is 31.5. The highest BCUT2D eigenvalue weighted by molar-refractivity contribution is 6.11. The van der Waals surface area contributed by atoms with E-state index in [2.05, 4.69) is 350 Å². The fraction of sp³-hybridized carbons (Fsp3) is 0.0698. The predicted octanol–water partition coefficient (Wildman–Crippen LogP) is 22.5. The van der Waals surface area contributed by atoms with Crippen LogP contribution >= 0.6 is 0 Å². The Labute approximate surface area is 535 Å². The summed E-state index contributed by atoms with van der Waals surface area (Å²) in [6.45, 7) is 9.26. The van der Waals surface area contributed by atoms with Crippen molar-refractivity contribution in [1.82, 2.24) is 9.13 Å². The molecule has 92 heavy (non-hydrogen) atoms. The molecule has 4 heterocycles. The van der Waals surface area contributed by atoms with Crippen LogP contribution in [0.4, 0.5) is 34.1 Å². The van der Waals surface area contributed by atoms with Crippen molar-refractivity contribution in [2.75, 3.05) is 9.80 Å². The van der Waals surface area contributed by atoms with E-state index in [0.717, 1.165) is 101 Å². The van der Waals surface area contributed by atoms with Gasteiger partial charge < -0.3 is 18.9 Å². The Balaban J connectivity index is 0.927. The number of rotatable bonds is 8. The fourth-order valence-corrected chi connectivity index (χ4v) is 15.5. The lowest BCUT2D eigenvalue weighted by Gasteiger charge is -2.42. The molecule has 0 fully saturated rings. The lowest BCUT2D eigenvalue weighted by Crippen LogP contribution is -2.30. The van der Waals surface area contributed by atoms with Gasteiger partial charge in [-0.15, -0.1) is 0 Å². The van der Waals surface area contributed by atoms with E-state index in [0.29, 0.717) is 22.3 Å². The highest BCUT2D eigenvalue weighted by atomic mass is 15.2. The number of nitriles is 2. The minimum absolute atomic E-state index is 0.230. The number of fused-ring (bicyclic) bond motifs is 10. The molecule has 0 aliphatic carbocycles. The van der Waals surface area contributed by atoms with E-state index in [-0.39, 0.29) is 10.8 Å². The van der Waals surface area contributed by atoms with E-state index in [1.807, 2.05) is 0 Å². The second kappa shape index (κ2) is 20.8. The van der Waals surface area contributed by atoms with Crippen LogP contribution in [0.5, 0.6) is 0 Å². The monoisotopic (exact) mass is 1180 g/mol. The third kappa shape index (κ3) is 8.04. The zero-order valence-electron chi connectivity index (χ0n) is 51.4. The molecule has 0 amide bonds. The lowest BCUT2D eigenvalue weighted by molar-refractivity contribution is 0.632. The van der Waals surface area contributed by atoms with Gasteiger partial charge in [-0.25, -0.2) is 0 Å². The molecule has 2 aromatic heterocycles. The van der Waals surface area contributed by atoms with Crippen molar-refractivity contribution in [3.63, 3.8) is 0 Å². The maximum absolute atomic E-state index is 12.0. The van der Waals surface area contributed by atoms with E-state index in [1.165, 1.54) is 43.8 Å². The molecule has 0 atom stereocenters. The Kier molecular flexibility index (Phi) is 12.3. The number of para-hydroxylation sites is 8. The van der Waals surface area contributed by atoms with Gasteiger partial charge in [-0.3, -0.25) is 0 Å². The van der Waals surface area contributed by atoms with Gasteiger partial charge in [-0.1, -0.05) is 222 Å². The fourth-order valence-electron chi connectivity index (χ4n) is 15.5. The van der Waals surface area contributed by atoms with Gasteiger partial charge in [0.1, 0.15) is 12.1 Å². The molecule has 0 spiro atoms. The summed E-state index contributed by atoms with van der Waals surface area (Å²) in [7, 11) is 0. The molecule has 0 unspecified atom stereocenters. The molecule has 13 aromatic carbocycles. The molecular formula is C86H60N6. The van der Waals surface area contributed by atoms with E-state index >= 15 is 0 Å². The van der Waals surface area contributed by atoms with Crippen molar-refractivity contribution < 1.29 is 0 Å². The highest BCUT2D eigenvalue weighted by Crippen LogP contribution is 2.56. The van der Waals surface area contributed by atoms with Crippen LogP contribution in [0.25, 0.3) is 99.5 Å². The van der Waals surface area contributed by atoms with E-state index < -0.39 is 0 Å². The zero-order chi connectivity index (χ0) is 62.0. The standard InChI is InChI=1S/C86H60N6/c1-85(2)69-25-9-17-33-77(69)91(78-34-18-10-26-70(78)85)61-49-41-57(42-50-61)83-81(55-37-45-59(46-38-55)89-73-29-13-5-21-63(73)64-22-6-14-30-74(64)89)67(53-87)68(54-88)82(56-39-47-60(48-40-56)90-75-31-15-7-23-65(75)66-24-8-16-32-76(66)90)84(83)58-43-51-62(52-44-58)92-79-35-19-11-27-71(79)86(3,4)72-28-12-20-36-80(72)92/h5-52H,1-4H3. The van der Waals surface area contributed by atoms with Crippen molar-refractivity contribution in [3.05, 3.63) is 325 Å². The first-order valence-corrected chi connectivity index (χ1v) is 31.5. The highest BCUT2D eigenvalue weighted by Gasteiger charge is 2.39. The molecule has 0 N–H and O–H groups in total. The largest absolute Gasteiger partial charge is 0.310 e. The number of aromatic nitrogens is 2. The van der Waals surface area contributed by atoms with Crippen LogP contribution in [0.15, 0.2) is 291 Å². The van der Waals surface area contributed by atoms with Gasteiger partial charge in [0.25, 0.3) is 0 Å². The van der Waals surface area contributed by atoms with E-state index in [1.54, 1.807) is 0 Å². The third-order valence-electron chi connectivity index (χ3n) is 19.8. The van der Waals surface area contributed by atoms with Crippen LogP contribution in [0.2, 0.25) is 0 Å². The number of anilines is 6. The normalized spacial score (nSPS) is 13.5. The Morgan fingerprint density at radius 1 is 0.250 bits per heavy atom. The quantitative estimate of drug-likeness (QED) is 0.152. The van der Waals surface area contributed by atoms with Crippen molar-refractivity contribution in [2.24, 2.45) is 0 Å². The van der Waals surface area contributed by atoms with E-state index in [9.17, 15) is 10.5 Å². The smallest absolute Gasteiger partial charge is 0.101 e. The summed E-state index contributed by atoms with van der Waals surface area (Å²) in [5.74, 6) is 0. The van der Waals surface area contributed by atoms with Crippen LogP contribution in [-0.2, 0) is 10.8 Å². The minimum Gasteiger partial charge on any atom is -0.310 e. The molecular weight excluding hydrogens is 1120 g/mol. The van der Waals surface area contributed by atoms with Gasteiger partial charge in [0.05, 0.1) is 55.9 Å². The summed E-state index contributed by atoms with van der Waals surface area (Å²) in [6, 6.07) is 110. The van der Waals surface area contributed by atoms with Gasteiger partial charge >= 0.3 is 0 Å². The van der Waals surface area contributed by atoms with Crippen LogP contribution < -0.4 is 9.80 Å². The number of hydrogen-bond donors (Lipinski definition) is 0. The average molecular weight is 1180 g/mol. The second-order valence-electron chi connectivity index (χ2n) is 25.4. The third-order valence-corrected chi connectivity index (χ3v) is 19.8. The average Bonchev–Trinajstić information content (AvgIpc) is 1.11. The summed E-state index contributed by atoms with van der Waals surface area (Å²) in [4.78, 5) is 4.77. The van der Waals surface area contributed by atoms with Gasteiger partial charge in [0.15, 0.2) is 0 Å². The van der Waals surface area contributed by atoms with Crippen molar-refractivity contribution in [3.8, 4) is 68.0 Å². The number of benzene rings is 13. The maximum atomic E-state index is 12.0. The van der Waals surface area contributed by atoms with Crippen LogP contribution in [0, 0.1) is 22.7 Å². The van der Waals surface area contributed by atoms with Crippen LogP contribution in [0.3, 0.4) is 0 Å². The molecule has 2 aliphatic rings. The Morgan fingerprint density at radius 3 is 0.750 bits per heavy atom. The summed E-state index contributed by atoms with van der Waals surface area (Å²) in [5, 5.41) is 28.7. The summed E-state index contributed by atoms with van der Waals surface area (Å²) >= 11 is 0. The Hall–Kier alpha value is -12.0. The molecule has 0 saturated carbocycles. The number of nitrogens with zero attached hydrogens (tertiary/aromatic N) is 6. The minimum atomic E-state index is -0.230. The molecule has 17 rings (SSSR count). The molecule has 15 aromatic rings. The van der Waals surface area contributed by atoms with Gasteiger partial charge in [0.2, 0.25) is 0 Å². The van der Waals surface area contributed by atoms with Crippen LogP contribution in [0.1, 0.15) is 61.1 Å². The molecule has 2 aliphatic heterocycles. The van der Waals surface area contributed by atoms with Crippen molar-refractivity contribution in [1.29, 1.82) is 10.5 Å². The van der Waals surface area contributed by atoms with Crippen molar-refractivity contribution in [2.45, 2.75) is 38.5 Å². The predicted molar refractivity (Wildman–Crippen MR) is 380 cm³/mol. The SMILES string of the molecule is CC1(C)c2ccccc2N(c2ccc(-c3c(-c4ccc(-n5c6ccccc6c6ccccc65)cc4)c(C#N)c(C#N)c(-c4ccc(-n5c6ccccc6c6ccccc65)cc4)c3-c3ccc(N4c5ccccc5C(C)(C)c5ccccc54)cc3)cc2)c2ccccc21. The van der Waals surface area contributed by atoms with Gasteiger partial charge in [0, 0.05) is 66.3 Å². The lowest BCUT2D eigenvalue weighted by atomic mass is 9.73. The Morgan fingerprint density at radius 2 is 0.478 bits per heavy atom. The molecule has 0 radical (unpaired) electrons.